The quantitative estimate of drug-likeness (QED) is 0.402. The number of hydrogen-bond acceptors (Lipinski definition) is 10. The van der Waals surface area contributed by atoms with Gasteiger partial charge in [0.1, 0.15) is 5.01 Å². The van der Waals surface area contributed by atoms with E-state index in [9.17, 15) is 4.79 Å². The molecule has 1 saturated heterocycles. The van der Waals surface area contributed by atoms with Crippen LogP contribution in [-0.2, 0) is 11.3 Å². The Kier molecular flexibility index (Phi) is 7.27. The third-order valence-electron chi connectivity index (χ3n) is 4.44. The van der Waals surface area contributed by atoms with Gasteiger partial charge in [-0.2, -0.15) is 0 Å². The van der Waals surface area contributed by atoms with E-state index >= 15 is 0 Å². The third kappa shape index (κ3) is 5.83. The highest BCUT2D eigenvalue weighted by Gasteiger charge is 2.20. The third-order valence-corrected chi connectivity index (χ3v) is 8.02. The molecule has 4 rings (SSSR count). The summed E-state index contributed by atoms with van der Waals surface area (Å²) in [4.78, 5) is 22.9. The van der Waals surface area contributed by atoms with Gasteiger partial charge in [0.2, 0.25) is 11.0 Å². The van der Waals surface area contributed by atoms with Crippen molar-refractivity contribution in [3.63, 3.8) is 0 Å². The van der Waals surface area contributed by atoms with Crippen molar-refractivity contribution in [1.29, 1.82) is 0 Å². The molecule has 11 heteroatoms. The highest BCUT2D eigenvalue weighted by atomic mass is 32.2. The van der Waals surface area contributed by atoms with Crippen molar-refractivity contribution in [2.75, 3.05) is 43.8 Å². The number of rotatable bonds is 8. The fourth-order valence-corrected chi connectivity index (χ4v) is 6.28. The van der Waals surface area contributed by atoms with Crippen LogP contribution in [0.3, 0.4) is 0 Å². The molecule has 0 saturated carbocycles. The number of hydrogen-bond donors (Lipinski definition) is 1. The van der Waals surface area contributed by atoms with Gasteiger partial charge in [0.05, 0.1) is 23.7 Å². The summed E-state index contributed by atoms with van der Waals surface area (Å²) in [5, 5.41) is 16.9. The maximum Gasteiger partial charge on any atom is 0.240 e. The number of carbonyl (C=O) groups is 1. The lowest BCUT2D eigenvalue weighted by molar-refractivity contribution is -0.117. The summed E-state index contributed by atoms with van der Waals surface area (Å²) in [6, 6.07) is 4.17. The van der Waals surface area contributed by atoms with Crippen LogP contribution in [0.5, 0.6) is 0 Å². The SMILES string of the molecule is CCSc1nnc(NC(=O)CN2CCN(Cc3nc(-c4cccs4)cs3)CC2)s1. The summed E-state index contributed by atoms with van der Waals surface area (Å²) in [7, 11) is 0. The van der Waals surface area contributed by atoms with Crippen LogP contribution >= 0.6 is 45.8 Å². The van der Waals surface area contributed by atoms with Crippen LogP contribution in [-0.4, -0.2) is 69.4 Å². The number of anilines is 1. The van der Waals surface area contributed by atoms with Crippen molar-refractivity contribution in [3.05, 3.63) is 27.9 Å². The monoisotopic (exact) mass is 466 g/mol. The minimum Gasteiger partial charge on any atom is -0.299 e. The first-order chi connectivity index (χ1) is 14.2. The molecular weight excluding hydrogens is 445 g/mol. The molecule has 1 aliphatic rings. The summed E-state index contributed by atoms with van der Waals surface area (Å²) in [5.74, 6) is 0.923. The molecule has 0 unspecified atom stereocenters. The topological polar surface area (TPSA) is 74.2 Å². The largest absolute Gasteiger partial charge is 0.299 e. The van der Waals surface area contributed by atoms with Gasteiger partial charge < -0.3 is 0 Å². The average molecular weight is 467 g/mol. The first-order valence-electron chi connectivity index (χ1n) is 9.38. The summed E-state index contributed by atoms with van der Waals surface area (Å²) < 4.78 is 0.890. The molecular formula is C18H22N6OS4. The van der Waals surface area contributed by atoms with Crippen molar-refractivity contribution in [1.82, 2.24) is 25.0 Å². The fourth-order valence-electron chi connectivity index (χ4n) is 3.02. The Morgan fingerprint density at radius 1 is 1.21 bits per heavy atom. The average Bonchev–Trinajstić information content (AvgIpc) is 3.46. The minimum atomic E-state index is -0.0249. The highest BCUT2D eigenvalue weighted by Crippen LogP contribution is 2.27. The Bertz CT molecular complexity index is 917. The molecule has 0 aromatic carbocycles. The number of thiazole rings is 1. The van der Waals surface area contributed by atoms with Gasteiger partial charge in [-0.25, -0.2) is 4.98 Å². The minimum absolute atomic E-state index is 0.0249. The summed E-state index contributed by atoms with van der Waals surface area (Å²) in [6.07, 6.45) is 0. The smallest absolute Gasteiger partial charge is 0.240 e. The van der Waals surface area contributed by atoms with E-state index in [2.05, 4.69) is 55.1 Å². The van der Waals surface area contributed by atoms with Crippen LogP contribution in [0.15, 0.2) is 27.2 Å². The van der Waals surface area contributed by atoms with E-state index in [0.717, 1.165) is 53.5 Å². The van der Waals surface area contributed by atoms with E-state index in [0.29, 0.717) is 11.7 Å². The van der Waals surface area contributed by atoms with Crippen molar-refractivity contribution >= 4 is 56.8 Å². The zero-order valence-electron chi connectivity index (χ0n) is 16.0. The van der Waals surface area contributed by atoms with Gasteiger partial charge in [0, 0.05) is 31.6 Å². The highest BCUT2D eigenvalue weighted by molar-refractivity contribution is 8.01. The Labute approximate surface area is 186 Å². The van der Waals surface area contributed by atoms with Crippen molar-refractivity contribution in [2.45, 2.75) is 17.8 Å². The van der Waals surface area contributed by atoms with E-state index in [1.807, 2.05) is 0 Å². The predicted octanol–water partition coefficient (Wildman–Crippen LogP) is 3.59. The van der Waals surface area contributed by atoms with Gasteiger partial charge in [0.15, 0.2) is 4.34 Å². The summed E-state index contributed by atoms with van der Waals surface area (Å²) in [5.41, 5.74) is 1.08. The second kappa shape index (κ2) is 10.1. The zero-order valence-corrected chi connectivity index (χ0v) is 19.3. The molecule has 4 heterocycles. The second-order valence-corrected chi connectivity index (χ2v) is 10.9. The maximum atomic E-state index is 12.3. The fraction of sp³-hybridized carbons (Fsp3) is 0.444. The van der Waals surface area contributed by atoms with E-state index in [1.54, 1.807) is 34.4 Å². The molecule has 154 valence electrons. The number of aromatic nitrogens is 3. The lowest BCUT2D eigenvalue weighted by Gasteiger charge is -2.33. The molecule has 29 heavy (non-hydrogen) atoms. The maximum absolute atomic E-state index is 12.3. The van der Waals surface area contributed by atoms with Crippen molar-refractivity contribution in [3.8, 4) is 10.6 Å². The van der Waals surface area contributed by atoms with Gasteiger partial charge in [0.25, 0.3) is 0 Å². The molecule has 1 N–H and O–H groups in total. The number of amides is 1. The number of piperazine rings is 1. The molecule has 1 aliphatic heterocycles. The lowest BCUT2D eigenvalue weighted by atomic mass is 10.3. The van der Waals surface area contributed by atoms with Crippen molar-refractivity contribution in [2.24, 2.45) is 0 Å². The molecule has 0 atom stereocenters. The van der Waals surface area contributed by atoms with Crippen LogP contribution in [0.1, 0.15) is 11.9 Å². The normalized spacial score (nSPS) is 15.6. The number of carbonyl (C=O) groups excluding carboxylic acids is 1. The number of thiophene rings is 1. The second-order valence-electron chi connectivity index (χ2n) is 6.51. The van der Waals surface area contributed by atoms with E-state index in [4.69, 9.17) is 4.98 Å². The molecule has 3 aromatic rings. The van der Waals surface area contributed by atoms with Crippen LogP contribution in [0, 0.1) is 0 Å². The molecule has 1 fully saturated rings. The molecule has 0 spiro atoms. The van der Waals surface area contributed by atoms with Crippen LogP contribution in [0.25, 0.3) is 10.6 Å². The molecule has 0 bridgehead atoms. The zero-order chi connectivity index (χ0) is 20.1. The van der Waals surface area contributed by atoms with Crippen LogP contribution in [0.4, 0.5) is 5.13 Å². The molecule has 7 nitrogen and oxygen atoms in total. The Morgan fingerprint density at radius 3 is 2.79 bits per heavy atom. The molecule has 1 amide bonds. The summed E-state index contributed by atoms with van der Waals surface area (Å²) >= 11 is 6.51. The number of nitrogens with one attached hydrogen (secondary N) is 1. The van der Waals surface area contributed by atoms with Gasteiger partial charge in [-0.05, 0) is 17.2 Å². The Hall–Kier alpha value is -1.37. The van der Waals surface area contributed by atoms with E-state index < -0.39 is 0 Å². The first kappa shape index (κ1) is 20.9. The van der Waals surface area contributed by atoms with Crippen LogP contribution in [0.2, 0.25) is 0 Å². The Morgan fingerprint density at radius 2 is 2.03 bits per heavy atom. The summed E-state index contributed by atoms with van der Waals surface area (Å²) in [6.45, 7) is 6.98. The lowest BCUT2D eigenvalue weighted by Crippen LogP contribution is -2.48. The molecule has 0 radical (unpaired) electrons. The number of thioether (sulfide) groups is 1. The molecule has 3 aromatic heterocycles. The standard InChI is InChI=1S/C18H22N6OS4/c1-2-26-18-22-21-17(29-18)20-15(25)10-23-5-7-24(8-6-23)11-16-19-13(12-28-16)14-4-3-9-27-14/h3-4,9,12H,2,5-8,10-11H2,1H3,(H,20,21,25). The predicted molar refractivity (Wildman–Crippen MR) is 122 cm³/mol. The number of nitrogens with zero attached hydrogens (tertiary/aromatic N) is 5. The van der Waals surface area contributed by atoms with Crippen LogP contribution < -0.4 is 5.32 Å². The van der Waals surface area contributed by atoms with Gasteiger partial charge in [-0.3, -0.25) is 19.9 Å². The Balaban J connectivity index is 1.20. The first-order valence-corrected chi connectivity index (χ1v) is 12.9. The van der Waals surface area contributed by atoms with E-state index in [-0.39, 0.29) is 5.91 Å². The van der Waals surface area contributed by atoms with E-state index in [1.165, 1.54) is 16.2 Å². The van der Waals surface area contributed by atoms with Gasteiger partial charge in [-0.15, -0.1) is 32.9 Å². The van der Waals surface area contributed by atoms with Gasteiger partial charge >= 0.3 is 0 Å². The van der Waals surface area contributed by atoms with Gasteiger partial charge in [-0.1, -0.05) is 36.1 Å². The van der Waals surface area contributed by atoms with Crippen molar-refractivity contribution < 1.29 is 4.79 Å². The molecule has 0 aliphatic carbocycles.